The average Bonchev–Trinajstić information content (AvgIpc) is 3.59. The topological polar surface area (TPSA) is 0 Å². The predicted octanol–water partition coefficient (Wildman–Crippen LogP) is 3.84. The molecule has 1 unspecified atom stereocenters. The summed E-state index contributed by atoms with van der Waals surface area (Å²) in [5, 5.41) is 0. The predicted molar refractivity (Wildman–Crippen MR) is 168 cm³/mol. The van der Waals surface area contributed by atoms with Crippen molar-refractivity contribution in [1.29, 1.82) is 0 Å². The maximum absolute atomic E-state index is 3.45. The Balaban J connectivity index is 0.000000218. The van der Waals surface area contributed by atoms with Crippen molar-refractivity contribution in [2.24, 2.45) is 11.3 Å². The molecular formula is C39H40Cl2Zr-2. The summed E-state index contributed by atoms with van der Waals surface area (Å²) < 4.78 is 1.42. The van der Waals surface area contributed by atoms with E-state index in [1.807, 2.05) is 0 Å². The molecule has 0 saturated heterocycles. The van der Waals surface area contributed by atoms with Gasteiger partial charge in [0.1, 0.15) is 0 Å². The number of halogens is 2. The van der Waals surface area contributed by atoms with Crippen molar-refractivity contribution in [3.63, 3.8) is 0 Å². The summed E-state index contributed by atoms with van der Waals surface area (Å²) in [6, 6.07) is 35.6. The molecule has 6 rings (SSSR count). The normalized spacial score (nSPS) is 14.0. The molecule has 0 fully saturated rings. The quantitative estimate of drug-likeness (QED) is 0.256. The van der Waals surface area contributed by atoms with Gasteiger partial charge in [0.25, 0.3) is 0 Å². The average molecular weight is 671 g/mol. The Labute approximate surface area is 281 Å². The molecule has 0 N–H and O–H groups in total. The minimum atomic E-state index is 0. The number of hydrogen-bond acceptors (Lipinski definition) is 0. The molecule has 4 aromatic rings. The van der Waals surface area contributed by atoms with E-state index in [1.54, 1.807) is 0 Å². The first kappa shape index (κ1) is 35.9. The molecule has 0 aliphatic heterocycles. The molecule has 0 heterocycles. The van der Waals surface area contributed by atoms with Gasteiger partial charge in [-0.25, -0.2) is 6.08 Å². The molecule has 216 valence electrons. The van der Waals surface area contributed by atoms with E-state index >= 15 is 0 Å². The zero-order chi connectivity index (χ0) is 28.7. The van der Waals surface area contributed by atoms with Gasteiger partial charge in [-0.1, -0.05) is 81.7 Å². The van der Waals surface area contributed by atoms with Crippen LogP contribution < -0.4 is 24.8 Å². The van der Waals surface area contributed by atoms with E-state index in [2.05, 4.69) is 157 Å². The van der Waals surface area contributed by atoms with Gasteiger partial charge in [0.2, 0.25) is 0 Å². The minimum absolute atomic E-state index is 0. The Morgan fingerprint density at radius 1 is 0.810 bits per heavy atom. The van der Waals surface area contributed by atoms with Crippen LogP contribution in [0, 0.1) is 37.3 Å². The molecule has 2 aliphatic rings. The van der Waals surface area contributed by atoms with Crippen LogP contribution in [0.4, 0.5) is 0 Å². The van der Waals surface area contributed by atoms with Gasteiger partial charge in [-0.3, -0.25) is 6.08 Å². The Morgan fingerprint density at radius 3 is 1.88 bits per heavy atom. The van der Waals surface area contributed by atoms with Crippen molar-refractivity contribution >= 4 is 3.21 Å². The molecule has 0 bridgehead atoms. The van der Waals surface area contributed by atoms with E-state index in [4.69, 9.17) is 0 Å². The van der Waals surface area contributed by atoms with Crippen LogP contribution in [0.1, 0.15) is 67.5 Å². The Morgan fingerprint density at radius 2 is 1.38 bits per heavy atom. The summed E-state index contributed by atoms with van der Waals surface area (Å²) in [7, 11) is 0. The van der Waals surface area contributed by atoms with Crippen LogP contribution >= 0.6 is 0 Å². The molecule has 0 spiro atoms. The first-order chi connectivity index (χ1) is 19.2. The molecule has 42 heavy (non-hydrogen) atoms. The molecule has 0 radical (unpaired) electrons. The first-order valence-corrected chi connectivity index (χ1v) is 15.5. The molecule has 4 aromatic carbocycles. The van der Waals surface area contributed by atoms with Crippen molar-refractivity contribution in [3.8, 4) is 11.1 Å². The van der Waals surface area contributed by atoms with Crippen LogP contribution in [0.5, 0.6) is 0 Å². The molecule has 1 atom stereocenters. The van der Waals surface area contributed by atoms with Gasteiger partial charge >= 0.3 is 99.2 Å². The van der Waals surface area contributed by atoms with E-state index in [9.17, 15) is 0 Å². The standard InChI is InChI=1S/C15H13.C13H10.C11H17.2ClH.Zr/c1-10-3-5-14-12(7-10)9-13-8-11(2)4-6-15(13)14;1-3-7-12(8-4-1)11-13-9-5-2-6-10-13;1-5-9-6-7-10(8-9)11(2,3)4;;;/h3-7H,9H2,1-2H3;1-10H;7-9H,5H2,1-4H3;2*1H;/q-1;;-1;;;+2/p-2. The van der Waals surface area contributed by atoms with Gasteiger partial charge in [-0.05, 0) is 18.9 Å². The number of aryl methyl sites for hydroxylation is 2. The van der Waals surface area contributed by atoms with E-state index in [0.717, 1.165) is 6.42 Å². The SMILES string of the molecule is CCC1[C-]=CC(C(C)(C)C)=C1.Cc1[c-]c2c(cc1)-c1ccc(C)cc1C2.[Cl-].[Cl-].[Zr+2]=[C](c1ccccc1)c1ccccc1. The van der Waals surface area contributed by atoms with E-state index in [-0.39, 0.29) is 24.8 Å². The van der Waals surface area contributed by atoms with Crippen molar-refractivity contribution in [1.82, 2.24) is 0 Å². The summed E-state index contributed by atoms with van der Waals surface area (Å²) in [6.45, 7) is 13.2. The first-order valence-electron chi connectivity index (χ1n) is 14.3. The fourth-order valence-corrected chi connectivity index (χ4v) is 5.78. The summed E-state index contributed by atoms with van der Waals surface area (Å²) in [4.78, 5) is 0. The van der Waals surface area contributed by atoms with Crippen LogP contribution in [0.15, 0.2) is 109 Å². The molecule has 0 amide bonds. The van der Waals surface area contributed by atoms with Crippen molar-refractivity contribution < 1.29 is 49.0 Å². The fraction of sp³-hybridized carbons (Fsp3) is 0.256. The summed E-state index contributed by atoms with van der Waals surface area (Å²) >= 11 is 1.46. The molecule has 0 saturated carbocycles. The third-order valence-electron chi connectivity index (χ3n) is 7.36. The third kappa shape index (κ3) is 9.60. The van der Waals surface area contributed by atoms with Gasteiger partial charge in [-0.15, -0.1) is 11.1 Å². The summed E-state index contributed by atoms with van der Waals surface area (Å²) in [5.74, 6) is 0.573. The van der Waals surface area contributed by atoms with Crippen molar-refractivity contribution in [2.75, 3.05) is 0 Å². The van der Waals surface area contributed by atoms with Crippen LogP contribution in [0.3, 0.4) is 0 Å². The molecule has 2 aliphatic carbocycles. The second kappa shape index (κ2) is 16.5. The van der Waals surface area contributed by atoms with Gasteiger partial charge in [-0.2, -0.15) is 35.4 Å². The Bertz CT molecular complexity index is 1420. The summed E-state index contributed by atoms with van der Waals surface area (Å²) in [6.07, 6.45) is 10.1. The third-order valence-corrected chi connectivity index (χ3v) is 8.77. The van der Waals surface area contributed by atoms with Gasteiger partial charge in [0.05, 0.1) is 0 Å². The number of benzene rings is 4. The Kier molecular flexibility index (Phi) is 14.1. The Hall–Kier alpha value is -2.31. The van der Waals surface area contributed by atoms with Gasteiger partial charge in [0.15, 0.2) is 0 Å². The molecule has 0 nitrogen and oxygen atoms in total. The number of hydrogen-bond donors (Lipinski definition) is 0. The molecular weight excluding hydrogens is 631 g/mol. The van der Waals surface area contributed by atoms with Crippen LogP contribution in [-0.4, -0.2) is 3.21 Å². The number of rotatable bonds is 3. The van der Waals surface area contributed by atoms with Crippen LogP contribution in [0.2, 0.25) is 0 Å². The van der Waals surface area contributed by atoms with Gasteiger partial charge in [0, 0.05) is 0 Å². The maximum atomic E-state index is 3.45. The van der Waals surface area contributed by atoms with E-state index in [0.29, 0.717) is 11.3 Å². The number of fused-ring (bicyclic) bond motifs is 3. The zero-order valence-electron chi connectivity index (χ0n) is 25.6. The second-order valence-electron chi connectivity index (χ2n) is 11.7. The molecule has 3 heteroatoms. The van der Waals surface area contributed by atoms with Crippen LogP contribution in [-0.2, 0) is 30.7 Å². The van der Waals surface area contributed by atoms with Crippen molar-refractivity contribution in [2.45, 2.75) is 54.4 Å². The zero-order valence-corrected chi connectivity index (χ0v) is 29.5. The monoisotopic (exact) mass is 668 g/mol. The second-order valence-corrected chi connectivity index (χ2v) is 12.9. The van der Waals surface area contributed by atoms with Crippen LogP contribution in [0.25, 0.3) is 11.1 Å². The van der Waals surface area contributed by atoms with Gasteiger partial charge < -0.3 is 24.8 Å². The fourth-order valence-electron chi connectivity index (χ4n) is 4.96. The van der Waals surface area contributed by atoms with Crippen molar-refractivity contribution in [3.05, 3.63) is 154 Å². The molecule has 0 aromatic heterocycles. The number of allylic oxidation sites excluding steroid dienone is 4. The van der Waals surface area contributed by atoms with E-state index in [1.165, 1.54) is 83.9 Å². The van der Waals surface area contributed by atoms with E-state index < -0.39 is 0 Å². The summed E-state index contributed by atoms with van der Waals surface area (Å²) in [5.41, 5.74) is 12.6.